The second kappa shape index (κ2) is 3.83. The molecule has 2 unspecified atom stereocenters. The minimum absolute atomic E-state index is 0.252. The largest absolute Gasteiger partial charge is 0.321 e. The third-order valence-electron chi connectivity index (χ3n) is 2.36. The van der Waals surface area contributed by atoms with Crippen molar-refractivity contribution in [2.75, 3.05) is 20.1 Å². The van der Waals surface area contributed by atoms with Crippen LogP contribution in [0.25, 0.3) is 0 Å². The van der Waals surface area contributed by atoms with Gasteiger partial charge in [-0.3, -0.25) is 0 Å². The van der Waals surface area contributed by atoms with E-state index in [0.717, 1.165) is 25.8 Å². The second-order valence-corrected chi connectivity index (χ2v) is 3.38. The average Bonchev–Trinajstić information content (AvgIpc) is 2.03. The molecule has 11 heavy (non-hydrogen) atoms. The van der Waals surface area contributed by atoms with Crippen molar-refractivity contribution in [1.82, 2.24) is 4.90 Å². The van der Waals surface area contributed by atoms with Crippen molar-refractivity contribution in [2.45, 2.75) is 18.9 Å². The van der Waals surface area contributed by atoms with Crippen LogP contribution < -0.4 is 5.73 Å². The minimum atomic E-state index is -0.252. The van der Waals surface area contributed by atoms with E-state index in [2.05, 4.69) is 11.9 Å². The maximum absolute atomic E-state index is 10.4. The van der Waals surface area contributed by atoms with E-state index < -0.39 is 0 Å². The van der Waals surface area contributed by atoms with Crippen molar-refractivity contribution in [3.05, 3.63) is 0 Å². The van der Waals surface area contributed by atoms with Crippen molar-refractivity contribution in [2.24, 2.45) is 11.7 Å². The van der Waals surface area contributed by atoms with E-state index in [1.165, 1.54) is 6.42 Å². The number of carbonyl (C=O) groups is 1. The lowest BCUT2D eigenvalue weighted by Crippen LogP contribution is -2.42. The van der Waals surface area contributed by atoms with Crippen molar-refractivity contribution in [3.63, 3.8) is 0 Å². The summed E-state index contributed by atoms with van der Waals surface area (Å²) in [6, 6.07) is -0.252. The summed E-state index contributed by atoms with van der Waals surface area (Å²) in [5.74, 6) is 0.381. The number of aldehydes is 1. The summed E-state index contributed by atoms with van der Waals surface area (Å²) >= 11 is 0. The fraction of sp³-hybridized carbons (Fsp3) is 0.875. The summed E-state index contributed by atoms with van der Waals surface area (Å²) in [4.78, 5) is 12.6. The smallest absolute Gasteiger partial charge is 0.137 e. The van der Waals surface area contributed by atoms with Crippen molar-refractivity contribution in [1.29, 1.82) is 0 Å². The summed E-state index contributed by atoms with van der Waals surface area (Å²) < 4.78 is 0. The van der Waals surface area contributed by atoms with E-state index in [0.29, 0.717) is 5.92 Å². The summed E-state index contributed by atoms with van der Waals surface area (Å²) in [6.45, 7) is 2.11. The first-order valence-electron chi connectivity index (χ1n) is 4.13. The molecule has 0 spiro atoms. The highest BCUT2D eigenvalue weighted by atomic mass is 16.1. The van der Waals surface area contributed by atoms with Crippen molar-refractivity contribution < 1.29 is 4.79 Å². The van der Waals surface area contributed by atoms with Gasteiger partial charge in [0.1, 0.15) is 6.29 Å². The van der Waals surface area contributed by atoms with Crippen LogP contribution in [0.5, 0.6) is 0 Å². The first kappa shape index (κ1) is 8.68. The highest BCUT2D eigenvalue weighted by Crippen LogP contribution is 2.16. The molecule has 2 atom stereocenters. The maximum Gasteiger partial charge on any atom is 0.137 e. The van der Waals surface area contributed by atoms with E-state index in [-0.39, 0.29) is 6.04 Å². The van der Waals surface area contributed by atoms with Crippen molar-refractivity contribution >= 4 is 6.29 Å². The number of hydrogen-bond acceptors (Lipinski definition) is 3. The van der Waals surface area contributed by atoms with Gasteiger partial charge in [0.05, 0.1) is 6.04 Å². The van der Waals surface area contributed by atoms with E-state index in [4.69, 9.17) is 5.73 Å². The molecule has 3 nitrogen and oxygen atoms in total. The molecular weight excluding hydrogens is 140 g/mol. The number of rotatable bonds is 2. The Labute approximate surface area is 67.5 Å². The zero-order chi connectivity index (χ0) is 8.27. The molecule has 3 heteroatoms. The number of carbonyl (C=O) groups excluding carboxylic acids is 1. The van der Waals surface area contributed by atoms with Gasteiger partial charge in [-0.2, -0.15) is 0 Å². The Morgan fingerprint density at radius 1 is 1.73 bits per heavy atom. The van der Waals surface area contributed by atoms with Gasteiger partial charge >= 0.3 is 0 Å². The molecule has 1 rings (SSSR count). The Balaban J connectivity index is 2.38. The van der Waals surface area contributed by atoms with E-state index in [1.807, 2.05) is 0 Å². The Hall–Kier alpha value is -0.410. The van der Waals surface area contributed by atoms with Crippen molar-refractivity contribution in [3.8, 4) is 0 Å². The fourth-order valence-electron chi connectivity index (χ4n) is 1.63. The van der Waals surface area contributed by atoms with Crippen LogP contribution in [0.4, 0.5) is 0 Å². The Bertz CT molecular complexity index is 138. The molecular formula is C8H16N2O. The second-order valence-electron chi connectivity index (χ2n) is 3.38. The molecule has 0 saturated carbocycles. The molecule has 2 N–H and O–H groups in total. The minimum Gasteiger partial charge on any atom is -0.321 e. The van der Waals surface area contributed by atoms with Gasteiger partial charge < -0.3 is 15.4 Å². The van der Waals surface area contributed by atoms with Crippen LogP contribution in [0.1, 0.15) is 12.8 Å². The first-order chi connectivity index (χ1) is 5.24. The third kappa shape index (κ3) is 2.27. The van der Waals surface area contributed by atoms with Gasteiger partial charge in [0.15, 0.2) is 0 Å². The van der Waals surface area contributed by atoms with E-state index >= 15 is 0 Å². The quantitative estimate of drug-likeness (QED) is 0.566. The SMILES string of the molecule is CN1CCCC(C(N)C=O)C1. The highest BCUT2D eigenvalue weighted by Gasteiger charge is 2.22. The van der Waals surface area contributed by atoms with Crippen LogP contribution >= 0.6 is 0 Å². The first-order valence-corrected chi connectivity index (χ1v) is 4.13. The van der Waals surface area contributed by atoms with Crippen LogP contribution in [0.3, 0.4) is 0 Å². The Morgan fingerprint density at radius 3 is 3.00 bits per heavy atom. The molecule has 1 saturated heterocycles. The van der Waals surface area contributed by atoms with Gasteiger partial charge in [-0.1, -0.05) is 0 Å². The monoisotopic (exact) mass is 156 g/mol. The predicted octanol–water partition coefficient (Wildman–Crippen LogP) is -0.146. The highest BCUT2D eigenvalue weighted by molar-refractivity contribution is 5.57. The van der Waals surface area contributed by atoms with Crippen LogP contribution in [-0.2, 0) is 4.79 Å². The lowest BCUT2D eigenvalue weighted by atomic mass is 9.92. The van der Waals surface area contributed by atoms with Gasteiger partial charge in [0, 0.05) is 6.54 Å². The van der Waals surface area contributed by atoms with Crippen LogP contribution in [0.15, 0.2) is 0 Å². The molecule has 0 amide bonds. The standard InChI is InChI=1S/C8H16N2O/c1-10-4-2-3-7(5-10)8(9)6-11/h6-8H,2-5,9H2,1H3. The number of piperidine rings is 1. The Morgan fingerprint density at radius 2 is 2.45 bits per heavy atom. The molecule has 1 aliphatic rings. The van der Waals surface area contributed by atoms with Gasteiger partial charge in [-0.25, -0.2) is 0 Å². The van der Waals surface area contributed by atoms with E-state index in [1.54, 1.807) is 0 Å². The molecule has 0 aromatic carbocycles. The van der Waals surface area contributed by atoms with E-state index in [9.17, 15) is 4.79 Å². The topological polar surface area (TPSA) is 46.3 Å². The molecule has 0 aliphatic carbocycles. The van der Waals surface area contributed by atoms with Gasteiger partial charge in [0.25, 0.3) is 0 Å². The van der Waals surface area contributed by atoms with Gasteiger partial charge in [0.2, 0.25) is 0 Å². The van der Waals surface area contributed by atoms with Crippen LogP contribution in [-0.4, -0.2) is 37.4 Å². The molecule has 0 aromatic heterocycles. The molecule has 1 heterocycles. The fourth-order valence-corrected chi connectivity index (χ4v) is 1.63. The summed E-state index contributed by atoms with van der Waals surface area (Å²) in [5, 5.41) is 0. The lowest BCUT2D eigenvalue weighted by Gasteiger charge is -2.31. The molecule has 0 aromatic rings. The van der Waals surface area contributed by atoms with Crippen LogP contribution in [0.2, 0.25) is 0 Å². The molecule has 0 radical (unpaired) electrons. The lowest BCUT2D eigenvalue weighted by molar-refractivity contribution is -0.110. The maximum atomic E-state index is 10.4. The zero-order valence-corrected chi connectivity index (χ0v) is 6.99. The Kier molecular flexibility index (Phi) is 3.02. The summed E-state index contributed by atoms with van der Waals surface area (Å²) in [5.41, 5.74) is 5.62. The van der Waals surface area contributed by atoms with Crippen LogP contribution in [0, 0.1) is 5.92 Å². The number of nitrogens with zero attached hydrogens (tertiary/aromatic N) is 1. The zero-order valence-electron chi connectivity index (χ0n) is 6.99. The predicted molar refractivity (Wildman–Crippen MR) is 44.3 cm³/mol. The molecule has 1 aliphatic heterocycles. The normalized spacial score (nSPS) is 29.8. The third-order valence-corrected chi connectivity index (χ3v) is 2.36. The molecule has 0 bridgehead atoms. The molecule has 1 fully saturated rings. The number of nitrogens with two attached hydrogens (primary N) is 1. The number of hydrogen-bond donors (Lipinski definition) is 1. The summed E-state index contributed by atoms with van der Waals surface area (Å²) in [7, 11) is 2.07. The number of likely N-dealkylation sites (tertiary alicyclic amines) is 1. The van der Waals surface area contributed by atoms with Gasteiger partial charge in [-0.05, 0) is 32.4 Å². The summed E-state index contributed by atoms with van der Waals surface area (Å²) in [6.07, 6.45) is 3.14. The molecule has 64 valence electrons. The average molecular weight is 156 g/mol. The van der Waals surface area contributed by atoms with Gasteiger partial charge in [-0.15, -0.1) is 0 Å².